The molecular formula is C11H18N4O. The molecule has 0 saturated carbocycles. The summed E-state index contributed by atoms with van der Waals surface area (Å²) in [5, 5.41) is 10.4. The van der Waals surface area contributed by atoms with Gasteiger partial charge in [0.15, 0.2) is 0 Å². The van der Waals surface area contributed by atoms with Gasteiger partial charge in [-0.2, -0.15) is 5.10 Å². The maximum Gasteiger partial charge on any atom is 0.269 e. The van der Waals surface area contributed by atoms with Crippen molar-refractivity contribution in [3.05, 3.63) is 18.0 Å². The lowest BCUT2D eigenvalue weighted by molar-refractivity contribution is 0.0916. The van der Waals surface area contributed by atoms with Crippen molar-refractivity contribution in [2.45, 2.75) is 31.8 Å². The summed E-state index contributed by atoms with van der Waals surface area (Å²) in [5.41, 5.74) is 0.617. The molecule has 1 aliphatic heterocycles. The Labute approximate surface area is 95.2 Å². The average Bonchev–Trinajstić information content (AvgIpc) is 2.64. The molecule has 2 rings (SSSR count). The van der Waals surface area contributed by atoms with Crippen LogP contribution in [0.2, 0.25) is 0 Å². The minimum Gasteiger partial charge on any atom is -0.348 e. The van der Waals surface area contributed by atoms with E-state index >= 15 is 0 Å². The van der Waals surface area contributed by atoms with Crippen molar-refractivity contribution in [2.24, 2.45) is 7.05 Å². The SMILES string of the molecule is CC1CC(NC(=O)c2ccnn2C)CCN1. The van der Waals surface area contributed by atoms with Crippen LogP contribution in [0.5, 0.6) is 0 Å². The van der Waals surface area contributed by atoms with Crippen molar-refractivity contribution in [1.82, 2.24) is 20.4 Å². The lowest BCUT2D eigenvalue weighted by Gasteiger charge is -2.28. The first kappa shape index (κ1) is 11.1. The normalized spacial score (nSPS) is 25.4. The molecule has 0 spiro atoms. The van der Waals surface area contributed by atoms with Crippen molar-refractivity contribution >= 4 is 5.91 Å². The molecule has 5 nitrogen and oxygen atoms in total. The summed E-state index contributed by atoms with van der Waals surface area (Å²) in [6.07, 6.45) is 3.62. The molecule has 0 bridgehead atoms. The second kappa shape index (κ2) is 4.65. The Balaban J connectivity index is 1.95. The Bertz CT molecular complexity index is 374. The molecule has 5 heteroatoms. The zero-order valence-electron chi connectivity index (χ0n) is 9.73. The summed E-state index contributed by atoms with van der Waals surface area (Å²) in [7, 11) is 1.78. The molecule has 0 aliphatic carbocycles. The lowest BCUT2D eigenvalue weighted by atomic mass is 10.0. The van der Waals surface area contributed by atoms with E-state index in [0.29, 0.717) is 11.7 Å². The number of aryl methyl sites for hydroxylation is 1. The number of nitrogens with zero attached hydrogens (tertiary/aromatic N) is 2. The molecule has 2 atom stereocenters. The number of piperidine rings is 1. The topological polar surface area (TPSA) is 59.0 Å². The van der Waals surface area contributed by atoms with Crippen LogP contribution in [-0.4, -0.2) is 34.3 Å². The van der Waals surface area contributed by atoms with Gasteiger partial charge in [-0.3, -0.25) is 9.48 Å². The minimum atomic E-state index is -0.0286. The molecule has 0 aromatic carbocycles. The quantitative estimate of drug-likeness (QED) is 0.756. The summed E-state index contributed by atoms with van der Waals surface area (Å²) in [4.78, 5) is 11.9. The molecule has 2 heterocycles. The molecule has 2 unspecified atom stereocenters. The van der Waals surface area contributed by atoms with E-state index in [4.69, 9.17) is 0 Å². The van der Waals surface area contributed by atoms with Gasteiger partial charge in [0, 0.05) is 25.3 Å². The number of aromatic nitrogens is 2. The van der Waals surface area contributed by atoms with Crippen LogP contribution in [0.1, 0.15) is 30.3 Å². The predicted molar refractivity (Wildman–Crippen MR) is 61.2 cm³/mol. The zero-order chi connectivity index (χ0) is 11.5. The number of amides is 1. The van der Waals surface area contributed by atoms with Gasteiger partial charge in [0.2, 0.25) is 0 Å². The third-order valence-corrected chi connectivity index (χ3v) is 3.01. The fraction of sp³-hybridized carbons (Fsp3) is 0.636. The molecule has 2 N–H and O–H groups in total. The fourth-order valence-corrected chi connectivity index (χ4v) is 2.12. The molecule has 1 aromatic rings. The van der Waals surface area contributed by atoms with Crippen LogP contribution in [0.25, 0.3) is 0 Å². The summed E-state index contributed by atoms with van der Waals surface area (Å²) < 4.78 is 1.60. The highest BCUT2D eigenvalue weighted by Gasteiger charge is 2.21. The minimum absolute atomic E-state index is 0.0286. The highest BCUT2D eigenvalue weighted by molar-refractivity contribution is 5.92. The highest BCUT2D eigenvalue weighted by Crippen LogP contribution is 2.09. The van der Waals surface area contributed by atoms with Gasteiger partial charge in [-0.05, 0) is 32.4 Å². The van der Waals surface area contributed by atoms with Crippen molar-refractivity contribution in [3.8, 4) is 0 Å². The number of carbonyl (C=O) groups is 1. The number of hydrogen-bond acceptors (Lipinski definition) is 3. The first-order chi connectivity index (χ1) is 7.66. The van der Waals surface area contributed by atoms with Gasteiger partial charge in [-0.25, -0.2) is 0 Å². The molecule has 1 fully saturated rings. The van der Waals surface area contributed by atoms with E-state index in [2.05, 4.69) is 22.7 Å². The van der Waals surface area contributed by atoms with Gasteiger partial charge >= 0.3 is 0 Å². The molecule has 1 aromatic heterocycles. The fourth-order valence-electron chi connectivity index (χ4n) is 2.12. The molecular weight excluding hydrogens is 204 g/mol. The molecule has 1 amide bonds. The van der Waals surface area contributed by atoms with Gasteiger partial charge in [0.05, 0.1) is 0 Å². The van der Waals surface area contributed by atoms with Crippen LogP contribution in [-0.2, 0) is 7.05 Å². The summed E-state index contributed by atoms with van der Waals surface area (Å²) in [5.74, 6) is -0.0286. The van der Waals surface area contributed by atoms with E-state index in [0.717, 1.165) is 19.4 Å². The van der Waals surface area contributed by atoms with Crippen LogP contribution >= 0.6 is 0 Å². The third kappa shape index (κ3) is 2.41. The van der Waals surface area contributed by atoms with E-state index in [1.807, 2.05) is 0 Å². The maximum atomic E-state index is 11.9. The summed E-state index contributed by atoms with van der Waals surface area (Å²) in [6, 6.07) is 2.49. The van der Waals surface area contributed by atoms with Gasteiger partial charge in [0.25, 0.3) is 5.91 Å². The molecule has 1 aliphatic rings. The smallest absolute Gasteiger partial charge is 0.269 e. The number of nitrogens with one attached hydrogen (secondary N) is 2. The van der Waals surface area contributed by atoms with Crippen molar-refractivity contribution in [2.75, 3.05) is 6.54 Å². The zero-order valence-corrected chi connectivity index (χ0v) is 9.73. The van der Waals surface area contributed by atoms with Gasteiger partial charge in [0.1, 0.15) is 5.69 Å². The van der Waals surface area contributed by atoms with Crippen LogP contribution < -0.4 is 10.6 Å². The second-order valence-corrected chi connectivity index (χ2v) is 4.39. The Morgan fingerprint density at radius 3 is 3.12 bits per heavy atom. The molecule has 16 heavy (non-hydrogen) atoms. The van der Waals surface area contributed by atoms with E-state index in [9.17, 15) is 4.79 Å². The summed E-state index contributed by atoms with van der Waals surface area (Å²) in [6.45, 7) is 3.11. The van der Waals surface area contributed by atoms with Gasteiger partial charge in [-0.15, -0.1) is 0 Å². The Morgan fingerprint density at radius 2 is 2.50 bits per heavy atom. The molecule has 88 valence electrons. The Morgan fingerprint density at radius 1 is 1.69 bits per heavy atom. The van der Waals surface area contributed by atoms with Crippen LogP contribution in [0.4, 0.5) is 0 Å². The first-order valence-corrected chi connectivity index (χ1v) is 5.69. The van der Waals surface area contributed by atoms with E-state index in [1.54, 1.807) is 24.0 Å². The Kier molecular flexibility index (Phi) is 3.24. The largest absolute Gasteiger partial charge is 0.348 e. The van der Waals surface area contributed by atoms with E-state index in [-0.39, 0.29) is 11.9 Å². The van der Waals surface area contributed by atoms with Crippen LogP contribution in [0.3, 0.4) is 0 Å². The van der Waals surface area contributed by atoms with Crippen molar-refractivity contribution < 1.29 is 4.79 Å². The average molecular weight is 222 g/mol. The van der Waals surface area contributed by atoms with E-state index in [1.165, 1.54) is 0 Å². The number of rotatable bonds is 2. The van der Waals surface area contributed by atoms with Crippen LogP contribution in [0.15, 0.2) is 12.3 Å². The maximum absolute atomic E-state index is 11.9. The standard InChI is InChI=1S/C11H18N4O/c1-8-7-9(3-5-12-8)14-11(16)10-4-6-13-15(10)2/h4,6,8-9,12H,3,5,7H2,1-2H3,(H,14,16). The van der Waals surface area contributed by atoms with Crippen molar-refractivity contribution in [1.29, 1.82) is 0 Å². The number of carbonyl (C=O) groups excluding carboxylic acids is 1. The second-order valence-electron chi connectivity index (χ2n) is 4.39. The molecule has 0 radical (unpaired) electrons. The third-order valence-electron chi connectivity index (χ3n) is 3.01. The van der Waals surface area contributed by atoms with Gasteiger partial charge in [-0.1, -0.05) is 0 Å². The molecule has 1 saturated heterocycles. The predicted octanol–water partition coefficient (Wildman–Crippen LogP) is 0.290. The van der Waals surface area contributed by atoms with Gasteiger partial charge < -0.3 is 10.6 Å². The van der Waals surface area contributed by atoms with E-state index < -0.39 is 0 Å². The summed E-state index contributed by atoms with van der Waals surface area (Å²) >= 11 is 0. The lowest BCUT2D eigenvalue weighted by Crippen LogP contribution is -2.46. The highest BCUT2D eigenvalue weighted by atomic mass is 16.2. The Hall–Kier alpha value is -1.36. The monoisotopic (exact) mass is 222 g/mol. The van der Waals surface area contributed by atoms with Crippen LogP contribution in [0, 0.1) is 0 Å². The van der Waals surface area contributed by atoms with Crippen molar-refractivity contribution in [3.63, 3.8) is 0 Å². The first-order valence-electron chi connectivity index (χ1n) is 5.69. The number of hydrogen-bond donors (Lipinski definition) is 2.